The van der Waals surface area contributed by atoms with Gasteiger partial charge in [0.2, 0.25) is 5.91 Å². The molecule has 1 saturated heterocycles. The number of esters is 1. The van der Waals surface area contributed by atoms with E-state index < -0.39 is 0 Å². The third kappa shape index (κ3) is 2.61. The van der Waals surface area contributed by atoms with Crippen molar-refractivity contribution in [1.82, 2.24) is 0 Å². The highest BCUT2D eigenvalue weighted by Gasteiger charge is 2.29. The van der Waals surface area contributed by atoms with Crippen LogP contribution < -0.4 is 4.90 Å². The molecule has 1 atom stereocenters. The van der Waals surface area contributed by atoms with E-state index in [2.05, 4.69) is 0 Å². The lowest BCUT2D eigenvalue weighted by molar-refractivity contribution is -0.138. The number of carbonyl (C=O) groups excluding carboxylic acids is 2. The van der Waals surface area contributed by atoms with Gasteiger partial charge in [0.25, 0.3) is 0 Å². The second kappa shape index (κ2) is 5.25. The quantitative estimate of drug-likeness (QED) is 0.777. The predicted molar refractivity (Wildman–Crippen MR) is 73.2 cm³/mol. The van der Waals surface area contributed by atoms with Crippen LogP contribution in [0.3, 0.4) is 0 Å². The number of benzene rings is 1. The summed E-state index contributed by atoms with van der Waals surface area (Å²) < 4.78 is 4.91. The molecule has 100 valence electrons. The van der Waals surface area contributed by atoms with Crippen molar-refractivity contribution in [2.45, 2.75) is 17.7 Å². The number of hydrogen-bond donors (Lipinski definition) is 0. The molecule has 2 heterocycles. The van der Waals surface area contributed by atoms with Crippen LogP contribution in [0.5, 0.6) is 0 Å². The smallest absolute Gasteiger partial charge is 0.306 e. The second-order valence-electron chi connectivity index (χ2n) is 4.82. The van der Waals surface area contributed by atoms with Gasteiger partial charge in [-0.25, -0.2) is 0 Å². The molecule has 0 N–H and O–H groups in total. The zero-order chi connectivity index (χ0) is 13.2. The van der Waals surface area contributed by atoms with Crippen LogP contribution in [-0.2, 0) is 14.3 Å². The first kappa shape index (κ1) is 12.5. The van der Waals surface area contributed by atoms with Crippen molar-refractivity contribution in [2.24, 2.45) is 5.92 Å². The molecule has 2 aliphatic rings. The van der Waals surface area contributed by atoms with Gasteiger partial charge in [0.05, 0.1) is 18.7 Å². The maximum atomic E-state index is 12.4. The molecule has 5 heteroatoms. The molecule has 0 aliphatic carbocycles. The van der Waals surface area contributed by atoms with Gasteiger partial charge in [-0.1, -0.05) is 12.1 Å². The summed E-state index contributed by atoms with van der Waals surface area (Å²) in [5.74, 6) is 0.869. The molecule has 0 unspecified atom stereocenters. The maximum absolute atomic E-state index is 12.4. The van der Waals surface area contributed by atoms with Crippen LogP contribution in [0.1, 0.15) is 12.8 Å². The molecule has 1 amide bonds. The van der Waals surface area contributed by atoms with E-state index in [0.29, 0.717) is 19.4 Å². The lowest BCUT2D eigenvalue weighted by Gasteiger charge is -2.29. The van der Waals surface area contributed by atoms with E-state index in [-0.39, 0.29) is 17.8 Å². The van der Waals surface area contributed by atoms with Crippen LogP contribution in [0.15, 0.2) is 29.2 Å². The van der Waals surface area contributed by atoms with Crippen LogP contribution in [0, 0.1) is 5.92 Å². The van der Waals surface area contributed by atoms with E-state index in [0.717, 1.165) is 22.9 Å². The lowest BCUT2D eigenvalue weighted by Crippen LogP contribution is -2.36. The highest BCUT2D eigenvalue weighted by atomic mass is 32.2. The zero-order valence-electron chi connectivity index (χ0n) is 10.5. The first-order valence-electron chi connectivity index (χ1n) is 6.42. The van der Waals surface area contributed by atoms with Gasteiger partial charge in [-0.05, 0) is 12.1 Å². The van der Waals surface area contributed by atoms with Gasteiger partial charge in [-0.3, -0.25) is 9.59 Å². The molecule has 1 aromatic rings. The largest absolute Gasteiger partial charge is 0.465 e. The zero-order valence-corrected chi connectivity index (χ0v) is 11.3. The Morgan fingerprint density at radius 2 is 2.26 bits per heavy atom. The molecule has 3 rings (SSSR count). The highest BCUT2D eigenvalue weighted by molar-refractivity contribution is 7.99. The van der Waals surface area contributed by atoms with Crippen molar-refractivity contribution in [2.75, 3.05) is 23.8 Å². The van der Waals surface area contributed by atoms with Crippen LogP contribution in [0.2, 0.25) is 0 Å². The number of amides is 1. The van der Waals surface area contributed by atoms with Crippen molar-refractivity contribution in [3.05, 3.63) is 24.3 Å². The summed E-state index contributed by atoms with van der Waals surface area (Å²) in [5.41, 5.74) is 0.994. The van der Waals surface area contributed by atoms with Gasteiger partial charge in [0.15, 0.2) is 0 Å². The second-order valence-corrected chi connectivity index (χ2v) is 5.96. The number of anilines is 1. The van der Waals surface area contributed by atoms with Crippen LogP contribution >= 0.6 is 11.8 Å². The number of cyclic esters (lactones) is 1. The number of carbonyl (C=O) groups is 2. The summed E-state index contributed by atoms with van der Waals surface area (Å²) >= 11 is 1.78. The summed E-state index contributed by atoms with van der Waals surface area (Å²) in [5, 5.41) is 0. The van der Waals surface area contributed by atoms with Crippen molar-refractivity contribution < 1.29 is 14.3 Å². The van der Waals surface area contributed by atoms with Crippen molar-refractivity contribution >= 4 is 29.3 Å². The number of nitrogens with zero attached hydrogens (tertiary/aromatic N) is 1. The topological polar surface area (TPSA) is 46.6 Å². The van der Waals surface area contributed by atoms with E-state index >= 15 is 0 Å². The fourth-order valence-corrected chi connectivity index (χ4v) is 3.48. The van der Waals surface area contributed by atoms with Crippen LogP contribution in [0.4, 0.5) is 5.69 Å². The average molecular weight is 277 g/mol. The van der Waals surface area contributed by atoms with Crippen molar-refractivity contribution in [3.8, 4) is 0 Å². The molecule has 2 aliphatic heterocycles. The summed E-state index contributed by atoms with van der Waals surface area (Å²) in [4.78, 5) is 26.4. The van der Waals surface area contributed by atoms with E-state index in [4.69, 9.17) is 4.74 Å². The number of ether oxygens (including phenoxy) is 1. The van der Waals surface area contributed by atoms with Gasteiger partial charge < -0.3 is 9.64 Å². The highest BCUT2D eigenvalue weighted by Crippen LogP contribution is 2.35. The SMILES string of the molecule is O=C1C[C@H](CC(=O)N2CCSc3ccccc32)CO1. The van der Waals surface area contributed by atoms with Crippen molar-refractivity contribution in [3.63, 3.8) is 0 Å². The molecule has 4 nitrogen and oxygen atoms in total. The van der Waals surface area contributed by atoms with Gasteiger partial charge in [-0.2, -0.15) is 0 Å². The third-order valence-electron chi connectivity index (χ3n) is 3.43. The summed E-state index contributed by atoms with van der Waals surface area (Å²) in [7, 11) is 0. The molecule has 19 heavy (non-hydrogen) atoms. The minimum atomic E-state index is -0.188. The van der Waals surface area contributed by atoms with Gasteiger partial charge >= 0.3 is 5.97 Å². The Morgan fingerprint density at radius 1 is 1.42 bits per heavy atom. The summed E-state index contributed by atoms with van der Waals surface area (Å²) in [6.45, 7) is 1.12. The summed E-state index contributed by atoms with van der Waals surface area (Å²) in [6.07, 6.45) is 0.765. The van der Waals surface area contributed by atoms with Gasteiger partial charge in [0, 0.05) is 29.5 Å². The van der Waals surface area contributed by atoms with Gasteiger partial charge in [0.1, 0.15) is 0 Å². The Bertz CT molecular complexity index is 517. The molecular weight excluding hydrogens is 262 g/mol. The van der Waals surface area contributed by atoms with E-state index in [1.54, 1.807) is 11.8 Å². The molecule has 0 saturated carbocycles. The lowest BCUT2D eigenvalue weighted by atomic mass is 10.0. The third-order valence-corrected chi connectivity index (χ3v) is 4.47. The van der Waals surface area contributed by atoms with Crippen molar-refractivity contribution in [1.29, 1.82) is 0 Å². The minimum Gasteiger partial charge on any atom is -0.465 e. The first-order valence-corrected chi connectivity index (χ1v) is 7.40. The van der Waals surface area contributed by atoms with E-state index in [1.165, 1.54) is 0 Å². The predicted octanol–water partition coefficient (Wildman–Crippen LogP) is 2.08. The molecule has 0 bridgehead atoms. The standard InChI is InChI=1S/C14H15NO3S/c16-13(7-10-8-14(17)18-9-10)15-5-6-19-12-4-2-1-3-11(12)15/h1-4,10H,5-9H2/t10-/m0/s1. The molecule has 1 aromatic carbocycles. The fraction of sp³-hybridized carbons (Fsp3) is 0.429. The van der Waals surface area contributed by atoms with E-state index in [1.807, 2.05) is 29.2 Å². The molecule has 0 radical (unpaired) electrons. The average Bonchev–Trinajstić information content (AvgIpc) is 2.83. The molecule has 0 aromatic heterocycles. The molecular formula is C14H15NO3S. The molecule has 1 fully saturated rings. The fourth-order valence-electron chi connectivity index (χ4n) is 2.48. The Labute approximate surface area is 116 Å². The Balaban J connectivity index is 1.72. The number of thioether (sulfide) groups is 1. The number of hydrogen-bond acceptors (Lipinski definition) is 4. The molecule has 0 spiro atoms. The summed E-state index contributed by atoms with van der Waals surface area (Å²) in [6, 6.07) is 7.97. The number of rotatable bonds is 2. The van der Waals surface area contributed by atoms with Gasteiger partial charge in [-0.15, -0.1) is 11.8 Å². The Kier molecular flexibility index (Phi) is 3.46. The monoisotopic (exact) mass is 277 g/mol. The Hall–Kier alpha value is -1.49. The van der Waals surface area contributed by atoms with Crippen LogP contribution in [0.25, 0.3) is 0 Å². The van der Waals surface area contributed by atoms with E-state index in [9.17, 15) is 9.59 Å². The maximum Gasteiger partial charge on any atom is 0.306 e. The Morgan fingerprint density at radius 3 is 3.05 bits per heavy atom. The first-order chi connectivity index (χ1) is 9.24. The number of para-hydroxylation sites is 1. The van der Waals surface area contributed by atoms with Crippen LogP contribution in [-0.4, -0.2) is 30.8 Å². The minimum absolute atomic E-state index is 0.0433. The number of fused-ring (bicyclic) bond motifs is 1. The normalized spacial score (nSPS) is 22.0.